The van der Waals surface area contributed by atoms with Crippen molar-refractivity contribution in [2.45, 2.75) is 6.54 Å². The van der Waals surface area contributed by atoms with E-state index < -0.39 is 0 Å². The van der Waals surface area contributed by atoms with Crippen molar-refractivity contribution in [2.24, 2.45) is 5.84 Å². The van der Waals surface area contributed by atoms with Gasteiger partial charge in [0.05, 0.1) is 0 Å². The molecule has 88 valence electrons. The Kier molecular flexibility index (Phi) is 3.61. The maximum absolute atomic E-state index is 5.33. The summed E-state index contributed by atoms with van der Waals surface area (Å²) >= 11 is 0. The fourth-order valence-corrected chi connectivity index (χ4v) is 1.69. The van der Waals surface area contributed by atoms with Gasteiger partial charge in [0.25, 0.3) is 0 Å². The molecule has 0 unspecified atom stereocenters. The molecule has 0 bridgehead atoms. The van der Waals surface area contributed by atoms with Gasteiger partial charge in [-0.25, -0.2) is 0 Å². The third kappa shape index (κ3) is 2.63. The van der Waals surface area contributed by atoms with Gasteiger partial charge in [-0.05, 0) is 24.7 Å². The molecule has 0 fully saturated rings. The first kappa shape index (κ1) is 11.2. The lowest BCUT2D eigenvalue weighted by molar-refractivity contribution is 0.174. The van der Waals surface area contributed by atoms with E-state index in [0.29, 0.717) is 6.79 Å². The van der Waals surface area contributed by atoms with Gasteiger partial charge in [-0.1, -0.05) is 6.07 Å². The number of ether oxygens (including phenoxy) is 2. The van der Waals surface area contributed by atoms with Crippen LogP contribution in [0, 0.1) is 0 Å². The predicted octanol–water partition coefficient (Wildman–Crippen LogP) is 0.310. The van der Waals surface area contributed by atoms with Gasteiger partial charge in [0.1, 0.15) is 0 Å². The average Bonchev–Trinajstić information content (AvgIpc) is 2.73. The second kappa shape index (κ2) is 5.16. The number of nitrogens with two attached hydrogens (primary N) is 1. The Labute approximate surface area is 95.1 Å². The molecular formula is C11H17N3O2. The number of hydrogen-bond donors (Lipinski definition) is 2. The summed E-state index contributed by atoms with van der Waals surface area (Å²) in [6, 6.07) is 6.03. The minimum Gasteiger partial charge on any atom is -0.454 e. The summed E-state index contributed by atoms with van der Waals surface area (Å²) in [5.74, 6) is 6.90. The number of benzene rings is 1. The number of hydrogen-bond acceptors (Lipinski definition) is 5. The van der Waals surface area contributed by atoms with Crippen molar-refractivity contribution < 1.29 is 9.47 Å². The van der Waals surface area contributed by atoms with Gasteiger partial charge in [0, 0.05) is 19.6 Å². The van der Waals surface area contributed by atoms with E-state index in [-0.39, 0.29) is 0 Å². The highest BCUT2D eigenvalue weighted by Gasteiger charge is 2.13. The van der Waals surface area contributed by atoms with Gasteiger partial charge in [-0.2, -0.15) is 0 Å². The van der Waals surface area contributed by atoms with E-state index in [2.05, 4.69) is 23.4 Å². The molecule has 0 radical (unpaired) electrons. The maximum atomic E-state index is 5.33. The fraction of sp³-hybridized carbons (Fsp3) is 0.455. The number of hydrazine groups is 1. The Morgan fingerprint density at radius 3 is 3.00 bits per heavy atom. The molecule has 0 spiro atoms. The molecule has 1 aliphatic heterocycles. The second-order valence-electron chi connectivity index (χ2n) is 3.88. The highest BCUT2D eigenvalue weighted by Crippen LogP contribution is 2.32. The molecule has 0 aromatic heterocycles. The molecule has 5 nitrogen and oxygen atoms in total. The van der Waals surface area contributed by atoms with Crippen LogP contribution in [0.5, 0.6) is 11.5 Å². The van der Waals surface area contributed by atoms with Crippen LogP contribution in [0.3, 0.4) is 0 Å². The van der Waals surface area contributed by atoms with Crippen molar-refractivity contribution in [3.63, 3.8) is 0 Å². The van der Waals surface area contributed by atoms with Gasteiger partial charge in [-0.15, -0.1) is 0 Å². The summed E-state index contributed by atoms with van der Waals surface area (Å²) in [6.07, 6.45) is 0. The predicted molar refractivity (Wildman–Crippen MR) is 61.1 cm³/mol. The van der Waals surface area contributed by atoms with Crippen molar-refractivity contribution in [3.05, 3.63) is 23.8 Å². The van der Waals surface area contributed by atoms with E-state index in [9.17, 15) is 0 Å². The summed E-state index contributed by atoms with van der Waals surface area (Å²) in [5.41, 5.74) is 3.85. The van der Waals surface area contributed by atoms with Crippen LogP contribution in [0.2, 0.25) is 0 Å². The number of nitrogens with one attached hydrogen (secondary N) is 1. The molecule has 0 saturated carbocycles. The number of nitrogens with zero attached hydrogens (tertiary/aromatic N) is 1. The van der Waals surface area contributed by atoms with Gasteiger partial charge in [0.2, 0.25) is 6.79 Å². The topological polar surface area (TPSA) is 59.8 Å². The molecule has 0 atom stereocenters. The Morgan fingerprint density at radius 2 is 2.19 bits per heavy atom. The molecule has 16 heavy (non-hydrogen) atoms. The molecule has 1 aromatic carbocycles. The van der Waals surface area contributed by atoms with Gasteiger partial charge >= 0.3 is 0 Å². The molecule has 5 heteroatoms. The minimum absolute atomic E-state index is 0.325. The molecule has 0 aliphatic carbocycles. The van der Waals surface area contributed by atoms with E-state index in [0.717, 1.165) is 31.1 Å². The number of likely N-dealkylation sites (N-methyl/N-ethyl adjacent to an activating group) is 1. The molecule has 3 N–H and O–H groups in total. The lowest BCUT2D eigenvalue weighted by Gasteiger charge is -2.16. The average molecular weight is 223 g/mol. The van der Waals surface area contributed by atoms with Crippen molar-refractivity contribution >= 4 is 0 Å². The van der Waals surface area contributed by atoms with Crippen LogP contribution in [0.25, 0.3) is 0 Å². The number of rotatable bonds is 5. The first-order valence-electron chi connectivity index (χ1n) is 5.30. The Balaban J connectivity index is 1.94. The standard InChI is InChI=1S/C11H17N3O2/c1-14(5-4-13-12)7-9-2-3-10-11(6-9)16-8-15-10/h2-3,6,13H,4-5,7-8,12H2,1H3. The normalized spacial score (nSPS) is 13.4. The van der Waals surface area contributed by atoms with Crippen molar-refractivity contribution in [2.75, 3.05) is 26.9 Å². The van der Waals surface area contributed by atoms with Crippen LogP contribution in [-0.4, -0.2) is 31.8 Å². The third-order valence-electron chi connectivity index (χ3n) is 2.53. The SMILES string of the molecule is CN(CCNN)Cc1ccc2c(c1)OCO2. The minimum atomic E-state index is 0.325. The second-order valence-corrected chi connectivity index (χ2v) is 3.88. The molecule has 1 aromatic rings. The lowest BCUT2D eigenvalue weighted by Crippen LogP contribution is -2.32. The first-order chi connectivity index (χ1) is 7.79. The summed E-state index contributed by atoms with van der Waals surface area (Å²) in [7, 11) is 2.06. The van der Waals surface area contributed by atoms with Crippen LogP contribution < -0.4 is 20.7 Å². The van der Waals surface area contributed by atoms with Crippen LogP contribution in [0.4, 0.5) is 0 Å². The molecule has 1 heterocycles. The summed E-state index contributed by atoms with van der Waals surface area (Å²) in [6.45, 7) is 2.88. The lowest BCUT2D eigenvalue weighted by atomic mass is 10.2. The van der Waals surface area contributed by atoms with E-state index in [1.807, 2.05) is 12.1 Å². The van der Waals surface area contributed by atoms with Crippen molar-refractivity contribution in [1.82, 2.24) is 10.3 Å². The van der Waals surface area contributed by atoms with E-state index in [4.69, 9.17) is 15.3 Å². The van der Waals surface area contributed by atoms with Gasteiger partial charge < -0.3 is 14.4 Å². The Morgan fingerprint density at radius 1 is 1.38 bits per heavy atom. The zero-order chi connectivity index (χ0) is 11.4. The van der Waals surface area contributed by atoms with Crippen LogP contribution in [0.1, 0.15) is 5.56 Å². The monoisotopic (exact) mass is 223 g/mol. The van der Waals surface area contributed by atoms with Crippen LogP contribution in [-0.2, 0) is 6.54 Å². The fourth-order valence-electron chi connectivity index (χ4n) is 1.69. The van der Waals surface area contributed by atoms with Crippen molar-refractivity contribution in [1.29, 1.82) is 0 Å². The summed E-state index contributed by atoms with van der Waals surface area (Å²) in [5, 5.41) is 0. The molecule has 0 amide bonds. The number of fused-ring (bicyclic) bond motifs is 1. The molecule has 0 saturated heterocycles. The van der Waals surface area contributed by atoms with Gasteiger partial charge in [-0.3, -0.25) is 11.3 Å². The maximum Gasteiger partial charge on any atom is 0.231 e. The van der Waals surface area contributed by atoms with Crippen molar-refractivity contribution in [3.8, 4) is 11.5 Å². The third-order valence-corrected chi connectivity index (χ3v) is 2.53. The largest absolute Gasteiger partial charge is 0.454 e. The molecule has 2 rings (SSSR count). The smallest absolute Gasteiger partial charge is 0.231 e. The first-order valence-corrected chi connectivity index (χ1v) is 5.30. The van der Waals surface area contributed by atoms with Crippen LogP contribution >= 0.6 is 0 Å². The molecular weight excluding hydrogens is 206 g/mol. The van der Waals surface area contributed by atoms with Crippen LogP contribution in [0.15, 0.2) is 18.2 Å². The summed E-state index contributed by atoms with van der Waals surface area (Å²) in [4.78, 5) is 2.19. The highest BCUT2D eigenvalue weighted by molar-refractivity contribution is 5.44. The quantitative estimate of drug-likeness (QED) is 0.556. The van der Waals surface area contributed by atoms with E-state index >= 15 is 0 Å². The highest BCUT2D eigenvalue weighted by atomic mass is 16.7. The zero-order valence-electron chi connectivity index (χ0n) is 9.40. The Hall–Kier alpha value is -1.30. The van der Waals surface area contributed by atoms with E-state index in [1.54, 1.807) is 0 Å². The summed E-state index contributed by atoms with van der Waals surface area (Å²) < 4.78 is 10.6. The van der Waals surface area contributed by atoms with E-state index in [1.165, 1.54) is 5.56 Å². The van der Waals surface area contributed by atoms with Gasteiger partial charge in [0.15, 0.2) is 11.5 Å². The zero-order valence-corrected chi connectivity index (χ0v) is 9.40. The Bertz CT molecular complexity index is 357. The molecule has 1 aliphatic rings.